The summed E-state index contributed by atoms with van der Waals surface area (Å²) in [5.74, 6) is -6.31. The summed E-state index contributed by atoms with van der Waals surface area (Å²) in [5, 5.41) is 22.9. The number of ether oxygens (including phenoxy) is 1. The average Bonchev–Trinajstić information content (AvgIpc) is 2.98. The molecule has 0 aromatic carbocycles. The Bertz CT molecular complexity index is 1010. The first-order valence-electron chi connectivity index (χ1n) is 11.8. The van der Waals surface area contributed by atoms with Crippen molar-refractivity contribution in [2.24, 2.45) is 28.6 Å². The second-order valence-corrected chi connectivity index (χ2v) is 10.8. The summed E-state index contributed by atoms with van der Waals surface area (Å²) in [5.41, 5.74) is -8.40. The lowest BCUT2D eigenvalue weighted by atomic mass is 9.44. The lowest BCUT2D eigenvalue weighted by Crippen LogP contribution is -2.70. The zero-order chi connectivity index (χ0) is 25.4. The minimum atomic E-state index is -2.52. The van der Waals surface area contributed by atoms with Gasteiger partial charge in [0.25, 0.3) is 0 Å². The number of allylic oxidation sites excluding steroid dienone is 4. The third kappa shape index (κ3) is 2.86. The van der Waals surface area contributed by atoms with E-state index in [2.05, 4.69) is 0 Å². The monoisotopic (exact) mass is 484 g/mol. The average molecular weight is 485 g/mol. The molecule has 9 atom stereocenters. The summed E-state index contributed by atoms with van der Waals surface area (Å²) in [7, 11) is 0. The number of aliphatic hydroxyl groups is 2. The van der Waals surface area contributed by atoms with E-state index in [1.807, 2.05) is 0 Å². The van der Waals surface area contributed by atoms with Crippen molar-refractivity contribution in [2.45, 2.75) is 76.9 Å². The highest BCUT2D eigenvalue weighted by Gasteiger charge is 2.77. The van der Waals surface area contributed by atoms with E-state index in [1.54, 1.807) is 20.8 Å². The van der Waals surface area contributed by atoms with Crippen molar-refractivity contribution in [3.05, 3.63) is 23.6 Å². The van der Waals surface area contributed by atoms with E-state index in [1.165, 1.54) is 6.92 Å². The van der Waals surface area contributed by atoms with E-state index >= 15 is 8.78 Å². The maximum absolute atomic E-state index is 17.1. The lowest BCUT2D eigenvalue weighted by molar-refractivity contribution is -0.224. The van der Waals surface area contributed by atoms with Crippen LogP contribution in [0.25, 0.3) is 0 Å². The Balaban J connectivity index is 1.78. The molecule has 9 heteroatoms. The smallest absolute Gasteiger partial charge is 0.305 e. The Morgan fingerprint density at radius 3 is 2.50 bits per heavy atom. The largest absolute Gasteiger partial charge is 0.458 e. The Hall–Kier alpha value is -2.00. The predicted octanol–water partition coefficient (Wildman–Crippen LogP) is 3.10. The molecule has 188 valence electrons. The van der Waals surface area contributed by atoms with Crippen molar-refractivity contribution >= 4 is 17.5 Å². The van der Waals surface area contributed by atoms with Crippen LogP contribution in [0.3, 0.4) is 0 Å². The number of Topliss-reactive ketones (excluding diaryl/α,β-unsaturated/α-hetero) is 1. The number of halogens is 3. The maximum Gasteiger partial charge on any atom is 0.305 e. The fourth-order valence-electron chi connectivity index (χ4n) is 7.58. The van der Waals surface area contributed by atoms with Gasteiger partial charge in [-0.1, -0.05) is 26.8 Å². The molecule has 0 heterocycles. The molecule has 0 aliphatic heterocycles. The van der Waals surface area contributed by atoms with E-state index in [0.29, 0.717) is 0 Å². The van der Waals surface area contributed by atoms with Gasteiger partial charge in [-0.15, -0.1) is 0 Å². The minimum Gasteiger partial charge on any atom is -0.458 e. The molecule has 0 spiro atoms. The molecule has 4 aliphatic rings. The summed E-state index contributed by atoms with van der Waals surface area (Å²) in [6.07, 6.45) is -2.36. The number of alkyl halides is 2. The predicted molar refractivity (Wildman–Crippen MR) is 114 cm³/mol. The Morgan fingerprint density at radius 1 is 1.24 bits per heavy atom. The van der Waals surface area contributed by atoms with Gasteiger partial charge in [0, 0.05) is 28.7 Å². The van der Waals surface area contributed by atoms with E-state index in [4.69, 9.17) is 4.74 Å². The molecule has 3 fully saturated rings. The molecule has 0 radical (unpaired) electrons. The van der Waals surface area contributed by atoms with E-state index in [9.17, 15) is 29.0 Å². The van der Waals surface area contributed by atoms with Crippen molar-refractivity contribution in [2.75, 3.05) is 6.61 Å². The fraction of sp³-hybridized carbons (Fsp3) is 0.720. The Kier molecular flexibility index (Phi) is 5.72. The first-order chi connectivity index (χ1) is 15.7. The quantitative estimate of drug-likeness (QED) is 0.595. The zero-order valence-corrected chi connectivity index (χ0v) is 19.7. The molecule has 34 heavy (non-hydrogen) atoms. The summed E-state index contributed by atoms with van der Waals surface area (Å²) in [6.45, 7) is 5.38. The van der Waals surface area contributed by atoms with Crippen LogP contribution < -0.4 is 0 Å². The van der Waals surface area contributed by atoms with Gasteiger partial charge in [0.05, 0.1) is 6.10 Å². The van der Waals surface area contributed by atoms with Crippen LogP contribution in [0, 0.1) is 28.6 Å². The van der Waals surface area contributed by atoms with Gasteiger partial charge in [0.15, 0.2) is 18.1 Å². The van der Waals surface area contributed by atoms with Gasteiger partial charge in [-0.05, 0) is 44.1 Å². The molecule has 0 saturated heterocycles. The zero-order valence-electron chi connectivity index (χ0n) is 19.7. The van der Waals surface area contributed by atoms with Crippen molar-refractivity contribution in [1.82, 2.24) is 0 Å². The normalized spacial score (nSPS) is 47.7. The van der Waals surface area contributed by atoms with E-state index < -0.39 is 94.1 Å². The standard InChI is InChI=1S/C25H31F3O6/c1-5-19(32)34-11-18(31)25(33)12(2)8-13-14-9-15(26)20-21(27)16(29)6-7-22(20,3)24(14,28)17(30)10-23(13,25)4/h6-7,12-15,17,30,33H,5,8-11H2,1-4H3/t12?,13-,14-,15?,17?,22-,23-,24-,25-/m0/s1. The topological polar surface area (TPSA) is 101 Å². The summed E-state index contributed by atoms with van der Waals surface area (Å²) < 4.78 is 52.2. The van der Waals surface area contributed by atoms with Gasteiger partial charge >= 0.3 is 5.97 Å². The number of rotatable bonds is 4. The summed E-state index contributed by atoms with van der Waals surface area (Å²) >= 11 is 0. The van der Waals surface area contributed by atoms with Crippen LogP contribution >= 0.6 is 0 Å². The summed E-state index contributed by atoms with van der Waals surface area (Å²) in [4.78, 5) is 36.6. The molecule has 0 aromatic heterocycles. The molecular formula is C25H31F3O6. The molecule has 0 bridgehead atoms. The lowest BCUT2D eigenvalue weighted by Gasteiger charge is -2.63. The second kappa shape index (κ2) is 7.75. The van der Waals surface area contributed by atoms with Gasteiger partial charge < -0.3 is 14.9 Å². The molecule has 4 aliphatic carbocycles. The van der Waals surface area contributed by atoms with Crippen molar-refractivity contribution in [3.8, 4) is 0 Å². The van der Waals surface area contributed by atoms with Gasteiger partial charge in [-0.2, -0.15) is 0 Å². The molecular weight excluding hydrogens is 453 g/mol. The second-order valence-electron chi connectivity index (χ2n) is 10.8. The molecule has 3 saturated carbocycles. The van der Waals surface area contributed by atoms with Crippen LogP contribution in [0.5, 0.6) is 0 Å². The first-order valence-corrected chi connectivity index (χ1v) is 11.8. The summed E-state index contributed by atoms with van der Waals surface area (Å²) in [6, 6.07) is 0. The van der Waals surface area contributed by atoms with Crippen molar-refractivity contribution < 1.29 is 42.5 Å². The maximum atomic E-state index is 17.1. The van der Waals surface area contributed by atoms with Crippen LogP contribution in [0.4, 0.5) is 13.2 Å². The fourth-order valence-corrected chi connectivity index (χ4v) is 7.58. The Morgan fingerprint density at radius 2 is 1.88 bits per heavy atom. The minimum absolute atomic E-state index is 0.0468. The first kappa shape index (κ1) is 25.1. The van der Waals surface area contributed by atoms with E-state index in [-0.39, 0.29) is 19.3 Å². The number of fused-ring (bicyclic) bond motifs is 5. The Labute approximate surface area is 196 Å². The number of hydrogen-bond donors (Lipinski definition) is 2. The van der Waals surface area contributed by atoms with Crippen LogP contribution in [-0.4, -0.2) is 57.9 Å². The molecule has 3 unspecified atom stereocenters. The molecule has 0 aromatic rings. The number of hydrogen-bond acceptors (Lipinski definition) is 6. The highest BCUT2D eigenvalue weighted by atomic mass is 19.2. The molecule has 4 rings (SSSR count). The van der Waals surface area contributed by atoms with Crippen LogP contribution in [0.15, 0.2) is 23.6 Å². The van der Waals surface area contributed by atoms with Crippen LogP contribution in [-0.2, 0) is 19.1 Å². The van der Waals surface area contributed by atoms with Gasteiger partial charge in [0.2, 0.25) is 11.6 Å². The number of aliphatic hydroxyl groups excluding tert-OH is 1. The molecule has 2 N–H and O–H groups in total. The number of ketones is 2. The van der Waals surface area contributed by atoms with Crippen LogP contribution in [0.1, 0.15) is 53.4 Å². The van der Waals surface area contributed by atoms with Gasteiger partial charge in [0.1, 0.15) is 11.8 Å². The SMILES string of the molecule is CCC(=O)OCC(=O)[C@@]1(O)C(C)C[C@H]2[C@@H]3CC(F)C4=C(F)C(=O)C=C[C@]4(C)[C@@]3(F)C(O)C[C@@]21C. The highest BCUT2D eigenvalue weighted by molar-refractivity contribution is 6.04. The third-order valence-electron chi connectivity index (χ3n) is 9.37. The van der Waals surface area contributed by atoms with Crippen molar-refractivity contribution in [3.63, 3.8) is 0 Å². The van der Waals surface area contributed by atoms with E-state index in [0.717, 1.165) is 12.2 Å². The highest BCUT2D eigenvalue weighted by Crippen LogP contribution is 2.71. The van der Waals surface area contributed by atoms with Crippen molar-refractivity contribution in [1.29, 1.82) is 0 Å². The third-order valence-corrected chi connectivity index (χ3v) is 9.37. The molecule has 6 nitrogen and oxygen atoms in total. The number of carbonyl (C=O) groups is 3. The van der Waals surface area contributed by atoms with Gasteiger partial charge in [-0.25, -0.2) is 13.2 Å². The van der Waals surface area contributed by atoms with Crippen LogP contribution in [0.2, 0.25) is 0 Å². The number of carbonyl (C=O) groups excluding carboxylic acids is 3. The van der Waals surface area contributed by atoms with Gasteiger partial charge in [-0.3, -0.25) is 14.4 Å². The molecule has 0 amide bonds. The number of esters is 1.